The molecule has 29 heavy (non-hydrogen) atoms. The highest BCUT2D eigenvalue weighted by Crippen LogP contribution is 2.22. The Labute approximate surface area is 169 Å². The number of nitrogens with one attached hydrogen (secondary N) is 1. The van der Waals surface area contributed by atoms with Crippen LogP contribution >= 0.6 is 0 Å². The van der Waals surface area contributed by atoms with Crippen LogP contribution in [0.1, 0.15) is 0 Å². The summed E-state index contributed by atoms with van der Waals surface area (Å²) in [6, 6.07) is 24.2. The smallest absolute Gasteiger partial charge is 0.344 e. The molecule has 0 saturated heterocycles. The molecule has 1 amide bonds. The topological polar surface area (TPSA) is 73.9 Å². The predicted octanol–water partition coefficient (Wildman–Crippen LogP) is 3.92. The van der Waals surface area contributed by atoms with Crippen LogP contribution < -0.4 is 14.8 Å². The van der Waals surface area contributed by atoms with Crippen molar-refractivity contribution in [3.63, 3.8) is 0 Å². The molecule has 0 bridgehead atoms. The van der Waals surface area contributed by atoms with Crippen LogP contribution in [-0.2, 0) is 14.3 Å². The van der Waals surface area contributed by atoms with Crippen LogP contribution in [0.2, 0.25) is 0 Å². The number of benzene rings is 3. The van der Waals surface area contributed by atoms with Crippen LogP contribution in [0.4, 0.5) is 5.69 Å². The summed E-state index contributed by atoms with van der Waals surface area (Å²) in [5.41, 5.74) is 2.73. The normalized spacial score (nSPS) is 10.1. The zero-order valence-electron chi connectivity index (χ0n) is 16.0. The van der Waals surface area contributed by atoms with E-state index in [0.717, 1.165) is 11.1 Å². The van der Waals surface area contributed by atoms with Crippen LogP contribution in [0.3, 0.4) is 0 Å². The number of hydrogen-bond donors (Lipinski definition) is 1. The van der Waals surface area contributed by atoms with E-state index in [9.17, 15) is 9.59 Å². The maximum Gasteiger partial charge on any atom is 0.344 e. The predicted molar refractivity (Wildman–Crippen MR) is 110 cm³/mol. The molecule has 0 aliphatic carbocycles. The van der Waals surface area contributed by atoms with Crippen LogP contribution in [0.5, 0.6) is 11.5 Å². The summed E-state index contributed by atoms with van der Waals surface area (Å²) in [7, 11) is 1.56. The number of rotatable bonds is 8. The molecule has 0 aliphatic heterocycles. The molecule has 1 N–H and O–H groups in total. The lowest BCUT2D eigenvalue weighted by molar-refractivity contribution is -0.149. The van der Waals surface area contributed by atoms with Gasteiger partial charge in [-0.3, -0.25) is 4.79 Å². The fourth-order valence-electron chi connectivity index (χ4n) is 2.58. The van der Waals surface area contributed by atoms with Crippen LogP contribution in [-0.4, -0.2) is 32.2 Å². The minimum absolute atomic E-state index is 0.277. The average molecular weight is 391 g/mol. The molecule has 0 saturated carbocycles. The molecule has 0 heterocycles. The minimum Gasteiger partial charge on any atom is -0.497 e. The number of hydrogen-bond acceptors (Lipinski definition) is 5. The Morgan fingerprint density at radius 3 is 2.03 bits per heavy atom. The van der Waals surface area contributed by atoms with Gasteiger partial charge in [-0.05, 0) is 47.5 Å². The van der Waals surface area contributed by atoms with E-state index in [1.807, 2.05) is 42.5 Å². The number of carbonyl (C=O) groups excluding carboxylic acids is 2. The van der Waals surface area contributed by atoms with E-state index in [0.29, 0.717) is 17.2 Å². The van der Waals surface area contributed by atoms with Gasteiger partial charge in [-0.15, -0.1) is 0 Å². The fraction of sp³-hybridized carbons (Fsp3) is 0.130. The highest BCUT2D eigenvalue weighted by molar-refractivity contribution is 5.92. The van der Waals surface area contributed by atoms with Gasteiger partial charge in [0.1, 0.15) is 11.5 Å². The summed E-state index contributed by atoms with van der Waals surface area (Å²) in [6.45, 7) is -0.665. The fourth-order valence-corrected chi connectivity index (χ4v) is 2.58. The van der Waals surface area contributed by atoms with Crippen molar-refractivity contribution in [1.29, 1.82) is 0 Å². The summed E-state index contributed by atoms with van der Waals surface area (Å²) in [6.07, 6.45) is 0. The van der Waals surface area contributed by atoms with Gasteiger partial charge in [0.05, 0.1) is 7.11 Å². The number of carbonyl (C=O) groups is 2. The van der Waals surface area contributed by atoms with Gasteiger partial charge in [-0.25, -0.2) is 4.79 Å². The first-order valence-electron chi connectivity index (χ1n) is 9.02. The molecular weight excluding hydrogens is 370 g/mol. The van der Waals surface area contributed by atoms with E-state index in [-0.39, 0.29) is 13.2 Å². The lowest BCUT2D eigenvalue weighted by Gasteiger charge is -2.09. The summed E-state index contributed by atoms with van der Waals surface area (Å²) in [5.74, 6) is 0.172. The van der Waals surface area contributed by atoms with E-state index >= 15 is 0 Å². The van der Waals surface area contributed by atoms with Gasteiger partial charge in [-0.2, -0.15) is 0 Å². The summed E-state index contributed by atoms with van der Waals surface area (Å²) in [5, 5.41) is 2.63. The largest absolute Gasteiger partial charge is 0.497 e. The third-order valence-electron chi connectivity index (χ3n) is 4.06. The van der Waals surface area contributed by atoms with Gasteiger partial charge in [0.15, 0.2) is 13.2 Å². The van der Waals surface area contributed by atoms with Crippen LogP contribution in [0.15, 0.2) is 78.9 Å². The second-order valence-electron chi connectivity index (χ2n) is 6.12. The second kappa shape index (κ2) is 9.94. The first-order valence-corrected chi connectivity index (χ1v) is 9.02. The van der Waals surface area contributed by atoms with Crippen molar-refractivity contribution in [1.82, 2.24) is 0 Å². The van der Waals surface area contributed by atoms with Crippen molar-refractivity contribution in [2.45, 2.75) is 0 Å². The van der Waals surface area contributed by atoms with E-state index < -0.39 is 11.9 Å². The highest BCUT2D eigenvalue weighted by atomic mass is 16.6. The Bertz CT molecular complexity index is 937. The van der Waals surface area contributed by atoms with Gasteiger partial charge < -0.3 is 19.5 Å². The van der Waals surface area contributed by atoms with Crippen molar-refractivity contribution in [2.24, 2.45) is 0 Å². The van der Waals surface area contributed by atoms with E-state index in [1.54, 1.807) is 43.5 Å². The number of anilines is 1. The first kappa shape index (κ1) is 19.9. The monoisotopic (exact) mass is 391 g/mol. The molecule has 3 rings (SSSR count). The summed E-state index contributed by atoms with van der Waals surface area (Å²) >= 11 is 0. The van der Waals surface area contributed by atoms with Crippen LogP contribution in [0.25, 0.3) is 11.1 Å². The van der Waals surface area contributed by atoms with E-state index in [4.69, 9.17) is 14.2 Å². The lowest BCUT2D eigenvalue weighted by Crippen LogP contribution is -2.23. The molecule has 0 aromatic heterocycles. The zero-order chi connectivity index (χ0) is 20.5. The molecule has 6 nitrogen and oxygen atoms in total. The Balaban J connectivity index is 1.40. The number of ether oxygens (including phenoxy) is 3. The number of esters is 1. The lowest BCUT2D eigenvalue weighted by atomic mass is 10.1. The van der Waals surface area contributed by atoms with Crippen LogP contribution in [0, 0.1) is 0 Å². The van der Waals surface area contributed by atoms with Crippen molar-refractivity contribution in [3.05, 3.63) is 78.9 Å². The molecule has 3 aromatic rings. The Kier molecular flexibility index (Phi) is 6.84. The van der Waals surface area contributed by atoms with Crippen molar-refractivity contribution in [3.8, 4) is 22.6 Å². The maximum absolute atomic E-state index is 11.9. The number of methoxy groups -OCH3 is 1. The average Bonchev–Trinajstić information content (AvgIpc) is 2.78. The quantitative estimate of drug-likeness (QED) is 0.589. The van der Waals surface area contributed by atoms with Gasteiger partial charge in [0.2, 0.25) is 0 Å². The second-order valence-corrected chi connectivity index (χ2v) is 6.12. The highest BCUT2D eigenvalue weighted by Gasteiger charge is 2.09. The molecule has 0 fully saturated rings. The van der Waals surface area contributed by atoms with Gasteiger partial charge >= 0.3 is 5.97 Å². The molecule has 0 atom stereocenters. The Morgan fingerprint density at radius 2 is 1.38 bits per heavy atom. The molecule has 6 heteroatoms. The van der Waals surface area contributed by atoms with Crippen molar-refractivity contribution >= 4 is 17.6 Å². The molecular formula is C23H21NO5. The van der Waals surface area contributed by atoms with Gasteiger partial charge in [-0.1, -0.05) is 42.5 Å². The summed E-state index contributed by atoms with van der Waals surface area (Å²) in [4.78, 5) is 23.7. The summed E-state index contributed by atoms with van der Waals surface area (Å²) < 4.78 is 15.4. The van der Waals surface area contributed by atoms with E-state index in [1.165, 1.54) is 0 Å². The molecule has 148 valence electrons. The van der Waals surface area contributed by atoms with Crippen molar-refractivity contribution in [2.75, 3.05) is 25.6 Å². The third-order valence-corrected chi connectivity index (χ3v) is 4.06. The molecule has 0 unspecified atom stereocenters. The molecule has 0 aliphatic rings. The minimum atomic E-state index is -0.623. The molecule has 0 radical (unpaired) electrons. The van der Waals surface area contributed by atoms with Gasteiger partial charge in [0, 0.05) is 5.69 Å². The maximum atomic E-state index is 11.9. The SMILES string of the molecule is COc1ccc(NC(=O)COC(=O)COc2ccc(-c3ccccc3)cc2)cc1. The number of amides is 1. The zero-order valence-corrected chi connectivity index (χ0v) is 16.0. The Hall–Kier alpha value is -3.80. The molecule has 3 aromatic carbocycles. The Morgan fingerprint density at radius 1 is 0.759 bits per heavy atom. The first-order chi connectivity index (χ1) is 14.1. The molecule has 0 spiro atoms. The van der Waals surface area contributed by atoms with Crippen molar-refractivity contribution < 1.29 is 23.8 Å². The van der Waals surface area contributed by atoms with E-state index in [2.05, 4.69) is 5.32 Å². The third kappa shape index (κ3) is 6.10. The van der Waals surface area contributed by atoms with Gasteiger partial charge in [0.25, 0.3) is 5.91 Å². The standard InChI is InChI=1S/C23H21NO5/c1-27-20-13-9-19(10-14-20)24-22(25)15-29-23(26)16-28-21-11-7-18(8-12-21)17-5-3-2-4-6-17/h2-14H,15-16H2,1H3,(H,24,25).